The highest BCUT2D eigenvalue weighted by Crippen LogP contribution is 2.60. The molecule has 1 N–H and O–H groups in total. The van der Waals surface area contributed by atoms with E-state index in [1.54, 1.807) is 0 Å². The number of amides is 1. The average Bonchev–Trinajstić information content (AvgIpc) is 2.45. The van der Waals surface area contributed by atoms with Crippen molar-refractivity contribution in [3.63, 3.8) is 0 Å². The summed E-state index contributed by atoms with van der Waals surface area (Å²) in [5.41, 5.74) is -0.266. The van der Waals surface area contributed by atoms with Crippen molar-refractivity contribution in [2.75, 3.05) is 0 Å². The van der Waals surface area contributed by atoms with Crippen molar-refractivity contribution >= 4 is 11.7 Å². The fourth-order valence-corrected chi connectivity index (χ4v) is 5.33. The molecule has 0 saturated heterocycles. The standard InChI is InChI=1S/C22H39NO2/c1-18(2,3)17(25)20(7,8)15-16(24)23-22-12-9-21(10-13-22,11-14-22)19(4,5)6/h9-15H2,1-8H3,(H,23,24). The lowest BCUT2D eigenvalue weighted by atomic mass is 9.49. The molecule has 3 fully saturated rings. The van der Waals surface area contributed by atoms with Gasteiger partial charge in [0.05, 0.1) is 0 Å². The highest BCUT2D eigenvalue weighted by Gasteiger charge is 2.54. The zero-order valence-corrected chi connectivity index (χ0v) is 17.8. The van der Waals surface area contributed by atoms with Gasteiger partial charge < -0.3 is 5.32 Å². The van der Waals surface area contributed by atoms with E-state index in [9.17, 15) is 9.59 Å². The Bertz CT molecular complexity index is 521. The van der Waals surface area contributed by atoms with E-state index >= 15 is 0 Å². The number of fused-ring (bicyclic) bond motifs is 3. The van der Waals surface area contributed by atoms with Gasteiger partial charge in [-0.15, -0.1) is 0 Å². The van der Waals surface area contributed by atoms with Gasteiger partial charge >= 0.3 is 0 Å². The lowest BCUT2D eigenvalue weighted by Gasteiger charge is -2.59. The maximum absolute atomic E-state index is 12.8. The number of nitrogens with one attached hydrogen (secondary N) is 1. The zero-order chi connectivity index (χ0) is 19.3. The van der Waals surface area contributed by atoms with Gasteiger partial charge in [-0.1, -0.05) is 55.4 Å². The minimum absolute atomic E-state index is 0.0229. The van der Waals surface area contributed by atoms with Crippen LogP contribution >= 0.6 is 0 Å². The van der Waals surface area contributed by atoms with Gasteiger partial charge in [-0.25, -0.2) is 0 Å². The number of hydrogen-bond acceptors (Lipinski definition) is 2. The highest BCUT2D eigenvalue weighted by molar-refractivity contribution is 5.93. The Labute approximate surface area is 154 Å². The summed E-state index contributed by atoms with van der Waals surface area (Å²) in [5.74, 6) is 0.208. The Morgan fingerprint density at radius 2 is 1.24 bits per heavy atom. The minimum atomic E-state index is -0.614. The van der Waals surface area contributed by atoms with Gasteiger partial charge in [-0.2, -0.15) is 0 Å². The molecule has 3 heteroatoms. The van der Waals surface area contributed by atoms with Crippen LogP contribution in [0, 0.1) is 21.7 Å². The van der Waals surface area contributed by atoms with E-state index in [1.807, 2.05) is 34.6 Å². The molecule has 0 spiro atoms. The molecule has 0 aromatic carbocycles. The fourth-order valence-electron chi connectivity index (χ4n) is 5.33. The smallest absolute Gasteiger partial charge is 0.221 e. The van der Waals surface area contributed by atoms with Crippen LogP contribution in [0.3, 0.4) is 0 Å². The van der Waals surface area contributed by atoms with E-state index < -0.39 is 10.8 Å². The second kappa shape index (κ2) is 6.09. The Hall–Kier alpha value is -0.860. The van der Waals surface area contributed by atoms with Crippen LogP contribution in [0.4, 0.5) is 0 Å². The molecule has 0 unspecified atom stereocenters. The molecule has 3 saturated carbocycles. The summed E-state index contributed by atoms with van der Waals surface area (Å²) in [6.45, 7) is 16.7. The van der Waals surface area contributed by atoms with E-state index in [1.165, 1.54) is 19.3 Å². The Kier molecular flexibility index (Phi) is 4.99. The third-order valence-corrected chi connectivity index (χ3v) is 7.14. The van der Waals surface area contributed by atoms with Crippen LogP contribution in [-0.2, 0) is 9.59 Å². The van der Waals surface area contributed by atoms with Crippen molar-refractivity contribution in [2.24, 2.45) is 21.7 Å². The van der Waals surface area contributed by atoms with Crippen molar-refractivity contribution in [1.82, 2.24) is 5.32 Å². The zero-order valence-electron chi connectivity index (χ0n) is 17.8. The quantitative estimate of drug-likeness (QED) is 0.751. The fraction of sp³-hybridized carbons (Fsp3) is 0.909. The first-order valence-electron chi connectivity index (χ1n) is 9.99. The Balaban J connectivity index is 2.00. The largest absolute Gasteiger partial charge is 0.351 e. The third kappa shape index (κ3) is 3.95. The molecule has 144 valence electrons. The van der Waals surface area contributed by atoms with Crippen LogP contribution in [0.25, 0.3) is 0 Å². The molecule has 0 atom stereocenters. The molecular formula is C22H39NO2. The number of rotatable bonds is 4. The lowest BCUT2D eigenvalue weighted by Crippen LogP contribution is -2.59. The van der Waals surface area contributed by atoms with Gasteiger partial charge in [-0.05, 0) is 49.4 Å². The first-order chi connectivity index (χ1) is 11.1. The molecule has 0 aliphatic heterocycles. The number of Topliss-reactive ketones (excluding diaryl/α,β-unsaturated/α-hetero) is 1. The molecule has 3 rings (SSSR count). The third-order valence-electron chi connectivity index (χ3n) is 7.14. The van der Waals surface area contributed by atoms with Crippen molar-refractivity contribution in [3.8, 4) is 0 Å². The number of carbonyl (C=O) groups excluding carboxylic acids is 2. The van der Waals surface area contributed by atoms with E-state index in [0.717, 1.165) is 19.3 Å². The summed E-state index contributed by atoms with van der Waals surface area (Å²) in [6, 6.07) is 0. The van der Waals surface area contributed by atoms with Crippen LogP contribution in [0.5, 0.6) is 0 Å². The van der Waals surface area contributed by atoms with Crippen molar-refractivity contribution in [1.29, 1.82) is 0 Å². The van der Waals surface area contributed by atoms with Gasteiger partial charge in [0.15, 0.2) is 0 Å². The van der Waals surface area contributed by atoms with Gasteiger partial charge in [-0.3, -0.25) is 9.59 Å². The highest BCUT2D eigenvalue weighted by atomic mass is 16.2. The van der Waals surface area contributed by atoms with Gasteiger partial charge in [0, 0.05) is 22.8 Å². The maximum atomic E-state index is 12.8. The van der Waals surface area contributed by atoms with Gasteiger partial charge in [0.2, 0.25) is 5.91 Å². The van der Waals surface area contributed by atoms with Crippen LogP contribution in [0.15, 0.2) is 0 Å². The maximum Gasteiger partial charge on any atom is 0.221 e. The molecule has 0 aromatic rings. The molecule has 25 heavy (non-hydrogen) atoms. The number of carbonyl (C=O) groups is 2. The summed E-state index contributed by atoms with van der Waals surface area (Å²) in [4.78, 5) is 25.4. The van der Waals surface area contributed by atoms with E-state index in [-0.39, 0.29) is 23.7 Å². The molecule has 1 amide bonds. The van der Waals surface area contributed by atoms with Gasteiger partial charge in [0.25, 0.3) is 0 Å². The van der Waals surface area contributed by atoms with E-state index in [4.69, 9.17) is 0 Å². The first kappa shape index (κ1) is 20.5. The Morgan fingerprint density at radius 3 is 1.60 bits per heavy atom. The molecule has 3 aliphatic carbocycles. The predicted octanol–water partition coefficient (Wildman–Crippen LogP) is 5.27. The first-order valence-corrected chi connectivity index (χ1v) is 9.99. The van der Waals surface area contributed by atoms with Crippen LogP contribution in [0.2, 0.25) is 0 Å². The molecule has 0 heterocycles. The second-order valence-electron chi connectivity index (χ2n) is 11.5. The van der Waals surface area contributed by atoms with Crippen LogP contribution < -0.4 is 5.32 Å². The predicted molar refractivity (Wildman–Crippen MR) is 103 cm³/mol. The second-order valence-corrected chi connectivity index (χ2v) is 11.5. The summed E-state index contributed by atoms with van der Waals surface area (Å²) in [7, 11) is 0. The summed E-state index contributed by atoms with van der Waals surface area (Å²) in [5, 5.41) is 3.36. The Morgan fingerprint density at radius 1 is 0.800 bits per heavy atom. The monoisotopic (exact) mass is 349 g/mol. The average molecular weight is 350 g/mol. The number of ketones is 1. The summed E-state index contributed by atoms with van der Waals surface area (Å²) >= 11 is 0. The summed E-state index contributed by atoms with van der Waals surface area (Å²) in [6.07, 6.45) is 7.18. The minimum Gasteiger partial charge on any atom is -0.351 e. The van der Waals surface area contributed by atoms with Crippen LogP contribution in [-0.4, -0.2) is 17.2 Å². The molecule has 3 aliphatic rings. The molecule has 3 nitrogen and oxygen atoms in total. The van der Waals surface area contributed by atoms with Crippen molar-refractivity contribution in [3.05, 3.63) is 0 Å². The lowest BCUT2D eigenvalue weighted by molar-refractivity contribution is -0.140. The van der Waals surface area contributed by atoms with E-state index in [0.29, 0.717) is 10.8 Å². The normalized spacial score (nSPS) is 30.2. The van der Waals surface area contributed by atoms with E-state index in [2.05, 4.69) is 26.1 Å². The van der Waals surface area contributed by atoms with Crippen molar-refractivity contribution in [2.45, 2.75) is 106 Å². The topological polar surface area (TPSA) is 46.2 Å². The molecule has 0 aromatic heterocycles. The number of hydrogen-bond donors (Lipinski definition) is 1. The molecular weight excluding hydrogens is 310 g/mol. The van der Waals surface area contributed by atoms with Crippen molar-refractivity contribution < 1.29 is 9.59 Å². The van der Waals surface area contributed by atoms with Gasteiger partial charge in [0.1, 0.15) is 5.78 Å². The summed E-state index contributed by atoms with van der Waals surface area (Å²) < 4.78 is 0. The molecule has 0 radical (unpaired) electrons. The molecule has 2 bridgehead atoms. The SMILES string of the molecule is CC(C)(C)C(=O)C(C)(C)CC(=O)NC12CCC(C(C)(C)C)(CC1)CC2. The van der Waals surface area contributed by atoms with Crippen LogP contribution in [0.1, 0.15) is 100 Å².